The predicted molar refractivity (Wildman–Crippen MR) is 104 cm³/mol. The van der Waals surface area contributed by atoms with Gasteiger partial charge < -0.3 is 14.8 Å². The minimum Gasteiger partial charge on any atom is -0.494 e. The van der Waals surface area contributed by atoms with E-state index >= 15 is 0 Å². The number of thiophene rings is 1. The smallest absolute Gasteiger partial charge is 0.182 e. The second-order valence-electron chi connectivity index (χ2n) is 6.46. The van der Waals surface area contributed by atoms with Gasteiger partial charge in [0.1, 0.15) is 11.5 Å². The highest BCUT2D eigenvalue weighted by molar-refractivity contribution is 7.20. The molecule has 3 aromatic rings. The number of rotatable bonds is 6. The first-order valence-corrected chi connectivity index (χ1v) is 9.81. The Bertz CT molecular complexity index is 773. The first-order valence-electron chi connectivity index (χ1n) is 8.99. The maximum Gasteiger partial charge on any atom is 0.182 e. The summed E-state index contributed by atoms with van der Waals surface area (Å²) in [5.41, 5.74) is 0. The lowest BCUT2D eigenvalue weighted by Gasteiger charge is -2.23. The van der Waals surface area contributed by atoms with E-state index < -0.39 is 0 Å². The Balaban J connectivity index is 1.30. The molecule has 0 bridgehead atoms. The summed E-state index contributed by atoms with van der Waals surface area (Å²) >= 11 is 1.67. The highest BCUT2D eigenvalue weighted by Crippen LogP contribution is 2.34. The molecule has 2 aromatic carbocycles. The van der Waals surface area contributed by atoms with Gasteiger partial charge in [0, 0.05) is 16.8 Å². The summed E-state index contributed by atoms with van der Waals surface area (Å²) in [5.74, 6) is 1.74. The monoisotopic (exact) mass is 353 g/mol. The summed E-state index contributed by atoms with van der Waals surface area (Å²) in [6.45, 7) is 1.91. The van der Waals surface area contributed by atoms with Crippen LogP contribution in [0.5, 0.6) is 16.6 Å². The highest BCUT2D eigenvalue weighted by Gasteiger charge is 2.12. The van der Waals surface area contributed by atoms with Crippen LogP contribution in [-0.2, 0) is 0 Å². The molecule has 1 aliphatic rings. The molecule has 1 aromatic heterocycles. The van der Waals surface area contributed by atoms with Crippen molar-refractivity contribution in [1.82, 2.24) is 5.32 Å². The van der Waals surface area contributed by atoms with E-state index in [1.807, 2.05) is 30.3 Å². The fourth-order valence-corrected chi connectivity index (χ4v) is 4.15. The molecular weight excluding hydrogens is 330 g/mol. The van der Waals surface area contributed by atoms with E-state index in [0.717, 1.165) is 36.1 Å². The van der Waals surface area contributed by atoms with Crippen LogP contribution < -0.4 is 14.8 Å². The number of benzene rings is 2. The van der Waals surface area contributed by atoms with Gasteiger partial charge >= 0.3 is 0 Å². The van der Waals surface area contributed by atoms with E-state index in [9.17, 15) is 0 Å². The third-order valence-electron chi connectivity index (χ3n) is 4.59. The molecule has 4 rings (SSSR count). The molecule has 0 spiro atoms. The summed E-state index contributed by atoms with van der Waals surface area (Å²) in [7, 11) is 0. The lowest BCUT2D eigenvalue weighted by Crippen LogP contribution is -2.35. The molecule has 1 atom stereocenters. The van der Waals surface area contributed by atoms with Crippen molar-refractivity contribution < 1.29 is 9.47 Å². The van der Waals surface area contributed by atoms with Crippen LogP contribution in [0, 0.1) is 0 Å². The van der Waals surface area contributed by atoms with Crippen LogP contribution in [0.25, 0.3) is 10.1 Å². The van der Waals surface area contributed by atoms with Crippen molar-refractivity contribution in [2.24, 2.45) is 0 Å². The number of piperidine rings is 1. The molecule has 0 aliphatic carbocycles. The van der Waals surface area contributed by atoms with Crippen molar-refractivity contribution in [2.75, 3.05) is 13.2 Å². The number of hydrogen-bond acceptors (Lipinski definition) is 4. The molecule has 3 nitrogen and oxygen atoms in total. The van der Waals surface area contributed by atoms with Crippen LogP contribution in [0.2, 0.25) is 0 Å². The fraction of sp³-hybridized carbons (Fsp3) is 0.333. The minimum absolute atomic E-state index is 0.615. The largest absolute Gasteiger partial charge is 0.494 e. The van der Waals surface area contributed by atoms with E-state index in [0.29, 0.717) is 6.04 Å². The SMILES string of the molecule is c1ccc2sc(Oc3ccc(OCCC4CCCCN4)cc3)cc2c1. The van der Waals surface area contributed by atoms with Gasteiger partial charge in [-0.15, -0.1) is 0 Å². The summed E-state index contributed by atoms with van der Waals surface area (Å²) in [6, 6.07) is 18.9. The first-order chi connectivity index (χ1) is 12.4. The number of nitrogens with one attached hydrogen (secondary N) is 1. The molecule has 1 N–H and O–H groups in total. The molecule has 130 valence electrons. The zero-order valence-electron chi connectivity index (χ0n) is 14.2. The van der Waals surface area contributed by atoms with Crippen LogP contribution in [0.15, 0.2) is 54.6 Å². The van der Waals surface area contributed by atoms with Crippen molar-refractivity contribution in [3.63, 3.8) is 0 Å². The van der Waals surface area contributed by atoms with Gasteiger partial charge in [-0.05, 0) is 61.5 Å². The lowest BCUT2D eigenvalue weighted by atomic mass is 10.0. The first kappa shape index (κ1) is 16.4. The van der Waals surface area contributed by atoms with Gasteiger partial charge in [0.2, 0.25) is 0 Å². The highest BCUT2D eigenvalue weighted by atomic mass is 32.1. The molecule has 1 aliphatic heterocycles. The number of fused-ring (bicyclic) bond motifs is 1. The third-order valence-corrected chi connectivity index (χ3v) is 5.59. The third kappa shape index (κ3) is 4.33. The van der Waals surface area contributed by atoms with Gasteiger partial charge in [0.15, 0.2) is 5.06 Å². The average Bonchev–Trinajstić information content (AvgIpc) is 3.06. The van der Waals surface area contributed by atoms with E-state index in [1.165, 1.54) is 29.3 Å². The average molecular weight is 353 g/mol. The number of ether oxygens (including phenoxy) is 2. The van der Waals surface area contributed by atoms with Crippen LogP contribution in [0.3, 0.4) is 0 Å². The standard InChI is InChI=1S/C21H23NO2S/c1-2-7-20-16(5-1)15-21(25-20)24-19-10-8-18(9-11-19)23-14-12-17-6-3-4-13-22-17/h1-2,5,7-11,15,17,22H,3-4,6,12-14H2. The summed E-state index contributed by atoms with van der Waals surface area (Å²) in [4.78, 5) is 0. The van der Waals surface area contributed by atoms with Crippen molar-refractivity contribution >= 4 is 21.4 Å². The summed E-state index contributed by atoms with van der Waals surface area (Å²) in [5, 5.41) is 5.69. The van der Waals surface area contributed by atoms with Crippen molar-refractivity contribution in [2.45, 2.75) is 31.7 Å². The molecule has 1 saturated heterocycles. The quantitative estimate of drug-likeness (QED) is 0.625. The Morgan fingerprint density at radius 2 is 1.84 bits per heavy atom. The molecule has 1 unspecified atom stereocenters. The lowest BCUT2D eigenvalue weighted by molar-refractivity contribution is 0.268. The maximum atomic E-state index is 5.97. The van der Waals surface area contributed by atoms with E-state index in [4.69, 9.17) is 9.47 Å². The van der Waals surface area contributed by atoms with Crippen LogP contribution in [0.4, 0.5) is 0 Å². The van der Waals surface area contributed by atoms with Gasteiger partial charge in [-0.2, -0.15) is 0 Å². The summed E-state index contributed by atoms with van der Waals surface area (Å²) < 4.78 is 13.1. The molecule has 0 saturated carbocycles. The van der Waals surface area contributed by atoms with Gasteiger partial charge in [-0.3, -0.25) is 0 Å². The minimum atomic E-state index is 0.615. The van der Waals surface area contributed by atoms with Crippen LogP contribution >= 0.6 is 11.3 Å². The van der Waals surface area contributed by atoms with Crippen molar-refractivity contribution in [3.8, 4) is 16.6 Å². The predicted octanol–water partition coefficient (Wildman–Crippen LogP) is 5.60. The van der Waals surface area contributed by atoms with E-state index in [-0.39, 0.29) is 0 Å². The molecule has 0 radical (unpaired) electrons. The Hall–Kier alpha value is -2.04. The second-order valence-corrected chi connectivity index (χ2v) is 7.51. The van der Waals surface area contributed by atoms with Crippen molar-refractivity contribution in [3.05, 3.63) is 54.6 Å². The molecule has 2 heterocycles. The normalized spacial score (nSPS) is 17.5. The van der Waals surface area contributed by atoms with Crippen LogP contribution in [-0.4, -0.2) is 19.2 Å². The Morgan fingerprint density at radius 1 is 1.00 bits per heavy atom. The Morgan fingerprint density at radius 3 is 2.64 bits per heavy atom. The van der Waals surface area contributed by atoms with Crippen molar-refractivity contribution in [1.29, 1.82) is 0 Å². The topological polar surface area (TPSA) is 30.5 Å². The molecule has 1 fully saturated rings. The van der Waals surface area contributed by atoms with Gasteiger partial charge in [0.25, 0.3) is 0 Å². The fourth-order valence-electron chi connectivity index (χ4n) is 3.22. The zero-order chi connectivity index (χ0) is 16.9. The van der Waals surface area contributed by atoms with E-state index in [2.05, 4.69) is 29.6 Å². The van der Waals surface area contributed by atoms with Gasteiger partial charge in [-0.25, -0.2) is 0 Å². The van der Waals surface area contributed by atoms with Gasteiger partial charge in [0.05, 0.1) is 6.61 Å². The van der Waals surface area contributed by atoms with Gasteiger partial charge in [-0.1, -0.05) is 36.0 Å². The number of hydrogen-bond donors (Lipinski definition) is 1. The zero-order valence-corrected chi connectivity index (χ0v) is 15.1. The molecular formula is C21H23NO2S. The molecule has 0 amide bonds. The molecule has 4 heteroatoms. The summed E-state index contributed by atoms with van der Waals surface area (Å²) in [6.07, 6.45) is 4.98. The Labute approximate surface area is 152 Å². The van der Waals surface area contributed by atoms with E-state index in [1.54, 1.807) is 11.3 Å². The second kappa shape index (κ2) is 7.89. The van der Waals surface area contributed by atoms with Crippen LogP contribution in [0.1, 0.15) is 25.7 Å². The Kier molecular flexibility index (Phi) is 5.19. The molecule has 25 heavy (non-hydrogen) atoms. The maximum absolute atomic E-state index is 5.97.